The number of carbonyl (C=O) groups is 1. The van der Waals surface area contributed by atoms with E-state index in [9.17, 15) is 4.79 Å². The summed E-state index contributed by atoms with van der Waals surface area (Å²) in [6, 6.07) is 1.60. The Bertz CT molecular complexity index is 335. The van der Waals surface area contributed by atoms with Gasteiger partial charge in [0.25, 0.3) is 5.91 Å². The molecule has 0 unspecified atom stereocenters. The molecule has 0 aliphatic rings. The highest BCUT2D eigenvalue weighted by Crippen LogP contribution is 2.18. The molecule has 1 heterocycles. The van der Waals surface area contributed by atoms with Gasteiger partial charge in [-0.25, -0.2) is 0 Å². The van der Waals surface area contributed by atoms with E-state index >= 15 is 0 Å². The second kappa shape index (κ2) is 4.36. The van der Waals surface area contributed by atoms with E-state index in [1.54, 1.807) is 6.07 Å². The lowest BCUT2D eigenvalue weighted by Gasteiger charge is -2.22. The van der Waals surface area contributed by atoms with Crippen LogP contribution in [0.1, 0.15) is 24.2 Å². The highest BCUT2D eigenvalue weighted by molar-refractivity contribution is 9.10. The molecule has 0 radical (unpaired) electrons. The van der Waals surface area contributed by atoms with Gasteiger partial charge in [-0.15, -0.1) is 11.6 Å². The summed E-state index contributed by atoms with van der Waals surface area (Å²) in [5, 5.41) is 2.79. The number of halogens is 2. The largest absolute Gasteiger partial charge is 0.457 e. The molecule has 14 heavy (non-hydrogen) atoms. The number of amides is 1. The third kappa shape index (κ3) is 2.75. The Morgan fingerprint density at radius 3 is 2.79 bits per heavy atom. The number of hydrogen-bond acceptors (Lipinski definition) is 2. The van der Waals surface area contributed by atoms with Crippen LogP contribution in [-0.4, -0.2) is 17.3 Å². The molecule has 0 aliphatic carbocycles. The molecule has 0 bridgehead atoms. The summed E-state index contributed by atoms with van der Waals surface area (Å²) in [5.74, 6) is 0.157. The van der Waals surface area contributed by atoms with E-state index in [4.69, 9.17) is 16.0 Å². The van der Waals surface area contributed by atoms with Gasteiger partial charge in [-0.05, 0) is 35.8 Å². The lowest BCUT2D eigenvalue weighted by molar-refractivity contribution is 0.0918. The Hall–Kier alpha value is -0.480. The molecule has 0 aliphatic heterocycles. The van der Waals surface area contributed by atoms with Crippen molar-refractivity contribution >= 4 is 33.4 Å². The molecule has 1 aromatic heterocycles. The van der Waals surface area contributed by atoms with Crippen LogP contribution >= 0.6 is 27.5 Å². The van der Waals surface area contributed by atoms with Gasteiger partial charge in [0, 0.05) is 11.4 Å². The highest BCUT2D eigenvalue weighted by Gasteiger charge is 2.22. The summed E-state index contributed by atoms with van der Waals surface area (Å²) in [6.45, 7) is 3.71. The average molecular weight is 281 g/mol. The van der Waals surface area contributed by atoms with Crippen molar-refractivity contribution in [2.24, 2.45) is 0 Å². The zero-order valence-corrected chi connectivity index (χ0v) is 10.3. The molecule has 0 atom stereocenters. The van der Waals surface area contributed by atoms with Gasteiger partial charge < -0.3 is 9.73 Å². The first-order chi connectivity index (χ1) is 6.46. The molecule has 1 amide bonds. The predicted molar refractivity (Wildman–Crippen MR) is 58.7 cm³/mol. The van der Waals surface area contributed by atoms with Crippen molar-refractivity contribution in [3.63, 3.8) is 0 Å². The minimum atomic E-state index is -0.421. The average Bonchev–Trinajstić information content (AvgIpc) is 2.51. The molecule has 0 saturated heterocycles. The Balaban J connectivity index is 2.73. The lowest BCUT2D eigenvalue weighted by atomic mass is 10.1. The van der Waals surface area contributed by atoms with Crippen LogP contribution in [0.15, 0.2) is 21.4 Å². The van der Waals surface area contributed by atoms with Crippen LogP contribution in [0.4, 0.5) is 0 Å². The van der Waals surface area contributed by atoms with Crippen LogP contribution in [0.2, 0.25) is 0 Å². The monoisotopic (exact) mass is 279 g/mol. The highest BCUT2D eigenvalue weighted by atomic mass is 79.9. The minimum absolute atomic E-state index is 0.198. The first-order valence-electron chi connectivity index (χ1n) is 4.08. The molecule has 1 N–H and O–H groups in total. The van der Waals surface area contributed by atoms with Crippen LogP contribution in [0.5, 0.6) is 0 Å². The van der Waals surface area contributed by atoms with Gasteiger partial charge in [0.1, 0.15) is 0 Å². The molecule has 1 rings (SSSR count). The lowest BCUT2D eigenvalue weighted by Crippen LogP contribution is -2.44. The zero-order chi connectivity index (χ0) is 10.8. The molecule has 5 heteroatoms. The standard InChI is InChI=1S/C9H11BrClNO2/c1-9(2,5-11)12-8(13)6-3-4-14-7(6)10/h3-4H,5H2,1-2H3,(H,12,13). The predicted octanol–water partition coefficient (Wildman–Crippen LogP) is 2.79. The van der Waals surface area contributed by atoms with Crippen molar-refractivity contribution in [1.29, 1.82) is 0 Å². The van der Waals surface area contributed by atoms with E-state index in [-0.39, 0.29) is 5.91 Å². The normalized spacial score (nSPS) is 11.4. The maximum atomic E-state index is 11.6. The molecular formula is C9H11BrClNO2. The fourth-order valence-corrected chi connectivity index (χ4v) is 1.35. The van der Waals surface area contributed by atoms with E-state index in [1.165, 1.54) is 6.26 Å². The Kier molecular flexibility index (Phi) is 3.61. The van der Waals surface area contributed by atoms with Crippen molar-refractivity contribution < 1.29 is 9.21 Å². The van der Waals surface area contributed by atoms with Gasteiger partial charge in [-0.3, -0.25) is 4.79 Å². The molecule has 0 saturated carbocycles. The van der Waals surface area contributed by atoms with Crippen molar-refractivity contribution in [2.75, 3.05) is 5.88 Å². The fourth-order valence-electron chi connectivity index (χ4n) is 0.864. The first kappa shape index (κ1) is 11.6. The second-order valence-electron chi connectivity index (χ2n) is 3.58. The molecule has 0 aromatic carbocycles. The molecule has 0 spiro atoms. The second-order valence-corrected chi connectivity index (χ2v) is 4.57. The molecule has 78 valence electrons. The maximum Gasteiger partial charge on any atom is 0.256 e. The van der Waals surface area contributed by atoms with Crippen molar-refractivity contribution in [2.45, 2.75) is 19.4 Å². The number of hydrogen-bond donors (Lipinski definition) is 1. The smallest absolute Gasteiger partial charge is 0.256 e. The molecular weight excluding hydrogens is 269 g/mol. The Morgan fingerprint density at radius 2 is 2.36 bits per heavy atom. The summed E-state index contributed by atoms with van der Waals surface area (Å²) >= 11 is 8.82. The molecule has 0 fully saturated rings. The van der Waals surface area contributed by atoms with Crippen molar-refractivity contribution in [3.05, 3.63) is 22.6 Å². The van der Waals surface area contributed by atoms with Gasteiger partial charge in [-0.1, -0.05) is 0 Å². The maximum absolute atomic E-state index is 11.6. The third-order valence-electron chi connectivity index (χ3n) is 1.65. The van der Waals surface area contributed by atoms with Crippen LogP contribution in [-0.2, 0) is 0 Å². The van der Waals surface area contributed by atoms with E-state index in [2.05, 4.69) is 21.2 Å². The summed E-state index contributed by atoms with van der Waals surface area (Å²) < 4.78 is 5.39. The van der Waals surface area contributed by atoms with Gasteiger partial charge in [0.15, 0.2) is 4.67 Å². The van der Waals surface area contributed by atoms with Crippen LogP contribution < -0.4 is 5.32 Å². The van der Waals surface area contributed by atoms with Crippen molar-refractivity contribution in [3.8, 4) is 0 Å². The van der Waals surface area contributed by atoms with Crippen LogP contribution in [0.3, 0.4) is 0 Å². The number of nitrogens with one attached hydrogen (secondary N) is 1. The molecule has 3 nitrogen and oxygen atoms in total. The van der Waals surface area contributed by atoms with E-state index in [0.29, 0.717) is 16.1 Å². The number of carbonyl (C=O) groups excluding carboxylic acids is 1. The van der Waals surface area contributed by atoms with Gasteiger partial charge in [0.2, 0.25) is 0 Å². The summed E-state index contributed by atoms with van der Waals surface area (Å²) in [4.78, 5) is 11.6. The van der Waals surface area contributed by atoms with Crippen LogP contribution in [0, 0.1) is 0 Å². The first-order valence-corrected chi connectivity index (χ1v) is 5.40. The molecule has 1 aromatic rings. The Morgan fingerprint density at radius 1 is 1.71 bits per heavy atom. The topological polar surface area (TPSA) is 42.2 Å². The third-order valence-corrected chi connectivity index (χ3v) is 2.93. The fraction of sp³-hybridized carbons (Fsp3) is 0.444. The minimum Gasteiger partial charge on any atom is -0.457 e. The zero-order valence-electron chi connectivity index (χ0n) is 7.93. The summed E-state index contributed by atoms with van der Waals surface area (Å²) in [5.41, 5.74) is 0.0539. The number of furan rings is 1. The number of alkyl halides is 1. The Labute approximate surface area is 95.9 Å². The van der Waals surface area contributed by atoms with Gasteiger partial charge in [0.05, 0.1) is 11.8 Å². The summed E-state index contributed by atoms with van der Waals surface area (Å²) in [6.07, 6.45) is 1.45. The van der Waals surface area contributed by atoms with Crippen LogP contribution in [0.25, 0.3) is 0 Å². The van der Waals surface area contributed by atoms with Gasteiger partial charge in [-0.2, -0.15) is 0 Å². The quantitative estimate of drug-likeness (QED) is 0.865. The SMILES string of the molecule is CC(C)(CCl)NC(=O)c1ccoc1Br. The van der Waals surface area contributed by atoms with Gasteiger partial charge >= 0.3 is 0 Å². The van der Waals surface area contributed by atoms with E-state index in [1.807, 2.05) is 13.8 Å². The van der Waals surface area contributed by atoms with E-state index < -0.39 is 5.54 Å². The van der Waals surface area contributed by atoms with Crippen molar-refractivity contribution in [1.82, 2.24) is 5.32 Å². The summed E-state index contributed by atoms with van der Waals surface area (Å²) in [7, 11) is 0. The van der Waals surface area contributed by atoms with E-state index in [0.717, 1.165) is 0 Å². The number of rotatable bonds is 3.